The van der Waals surface area contributed by atoms with E-state index >= 15 is 0 Å². The summed E-state index contributed by atoms with van der Waals surface area (Å²) in [6, 6.07) is 0. The molecule has 0 saturated carbocycles. The normalized spacial score (nSPS) is 15.2. The third kappa shape index (κ3) is 15.2. The predicted octanol–water partition coefficient (Wildman–Crippen LogP) is 9.26. The summed E-state index contributed by atoms with van der Waals surface area (Å²) in [5.41, 5.74) is 0. The molecule has 152 valence electrons. The lowest BCUT2D eigenvalue weighted by atomic mass is 10.0. The molecule has 0 saturated heterocycles. The van der Waals surface area contributed by atoms with Crippen LogP contribution in [-0.2, 0) is 0 Å². The molecular weight excluding hydrogens is 319 g/mol. The lowest BCUT2D eigenvalue weighted by Gasteiger charge is -2.27. The average Bonchev–Trinajstić information content (AvgIpc) is 2.64. The first-order valence-corrected chi connectivity index (χ1v) is 13.8. The van der Waals surface area contributed by atoms with Crippen molar-refractivity contribution in [3.05, 3.63) is 0 Å². The summed E-state index contributed by atoms with van der Waals surface area (Å²) >= 11 is 0. The molecule has 0 radical (unpaired) electrons. The third-order valence-electron chi connectivity index (χ3n) is 5.95. The quantitative estimate of drug-likeness (QED) is 0.157. The van der Waals surface area contributed by atoms with Gasteiger partial charge >= 0.3 is 0 Å². The van der Waals surface area contributed by atoms with Crippen molar-refractivity contribution in [2.24, 2.45) is 11.8 Å². The Morgan fingerprint density at radius 1 is 0.520 bits per heavy atom. The molecule has 0 bridgehead atoms. The standard InChI is InChI=1S/C24H51P/c1-6-11-14-15-16-17-20-25(21-23(9-4)18-12-7-2)22-24(10-5)19-13-8-3/h23-24H,6-22H2,1-5H3. The van der Waals surface area contributed by atoms with Gasteiger partial charge in [0.05, 0.1) is 0 Å². The zero-order chi connectivity index (χ0) is 18.8. The molecule has 25 heavy (non-hydrogen) atoms. The van der Waals surface area contributed by atoms with Gasteiger partial charge in [0.25, 0.3) is 0 Å². The van der Waals surface area contributed by atoms with E-state index in [-0.39, 0.29) is 0 Å². The molecule has 2 atom stereocenters. The van der Waals surface area contributed by atoms with Gasteiger partial charge in [0.2, 0.25) is 0 Å². The van der Waals surface area contributed by atoms with Crippen LogP contribution in [0.5, 0.6) is 0 Å². The second-order valence-electron chi connectivity index (χ2n) is 8.36. The molecule has 0 aromatic heterocycles. The molecule has 0 amide bonds. The second-order valence-corrected chi connectivity index (χ2v) is 10.9. The summed E-state index contributed by atoms with van der Waals surface area (Å²) in [5.74, 6) is 2.05. The molecule has 0 aromatic carbocycles. The Bertz CT molecular complexity index is 232. The first kappa shape index (κ1) is 25.4. The number of unbranched alkanes of at least 4 members (excludes halogenated alkanes) is 7. The number of rotatable bonds is 19. The lowest BCUT2D eigenvalue weighted by Crippen LogP contribution is -2.12. The van der Waals surface area contributed by atoms with Crippen LogP contribution in [0.4, 0.5) is 0 Å². The van der Waals surface area contributed by atoms with Gasteiger partial charge in [0.15, 0.2) is 0 Å². The minimum atomic E-state index is 0.291. The fourth-order valence-corrected chi connectivity index (χ4v) is 7.46. The molecule has 0 spiro atoms. The molecule has 0 aliphatic rings. The molecule has 2 unspecified atom stereocenters. The molecule has 1 heteroatoms. The predicted molar refractivity (Wildman–Crippen MR) is 122 cm³/mol. The van der Waals surface area contributed by atoms with Crippen molar-refractivity contribution >= 4 is 7.92 Å². The summed E-state index contributed by atoms with van der Waals surface area (Å²) in [7, 11) is 0.291. The maximum absolute atomic E-state index is 2.44. The Hall–Kier alpha value is 0.430. The van der Waals surface area contributed by atoms with Crippen LogP contribution in [0, 0.1) is 11.8 Å². The number of hydrogen-bond acceptors (Lipinski definition) is 0. The maximum Gasteiger partial charge on any atom is -0.0297 e. The molecule has 0 aliphatic carbocycles. The fourth-order valence-electron chi connectivity index (χ4n) is 3.94. The molecule has 0 heterocycles. The van der Waals surface area contributed by atoms with E-state index in [9.17, 15) is 0 Å². The van der Waals surface area contributed by atoms with Gasteiger partial charge in [-0.25, -0.2) is 0 Å². The zero-order valence-corrected chi connectivity index (χ0v) is 19.5. The molecule has 0 nitrogen and oxygen atoms in total. The van der Waals surface area contributed by atoms with Crippen LogP contribution in [-0.4, -0.2) is 18.5 Å². The van der Waals surface area contributed by atoms with Crippen molar-refractivity contribution < 1.29 is 0 Å². The second kappa shape index (κ2) is 19.2. The average molecular weight is 371 g/mol. The van der Waals surface area contributed by atoms with Crippen LogP contribution < -0.4 is 0 Å². The summed E-state index contributed by atoms with van der Waals surface area (Å²) in [6.45, 7) is 11.9. The first-order valence-electron chi connectivity index (χ1n) is 11.9. The van der Waals surface area contributed by atoms with Gasteiger partial charge in [-0.15, -0.1) is 7.92 Å². The molecule has 0 fully saturated rings. The Labute approximate surface area is 163 Å². The minimum absolute atomic E-state index is 0.291. The zero-order valence-electron chi connectivity index (χ0n) is 18.6. The Kier molecular flexibility index (Phi) is 19.5. The van der Waals surface area contributed by atoms with Crippen LogP contribution in [0.25, 0.3) is 0 Å². The van der Waals surface area contributed by atoms with Crippen molar-refractivity contribution in [3.8, 4) is 0 Å². The van der Waals surface area contributed by atoms with Crippen LogP contribution in [0.1, 0.15) is 125 Å². The highest BCUT2D eigenvalue weighted by molar-refractivity contribution is 7.57. The van der Waals surface area contributed by atoms with E-state index in [0.29, 0.717) is 7.92 Å². The van der Waals surface area contributed by atoms with Crippen molar-refractivity contribution in [3.63, 3.8) is 0 Å². The van der Waals surface area contributed by atoms with Gasteiger partial charge in [0, 0.05) is 0 Å². The van der Waals surface area contributed by atoms with E-state index in [4.69, 9.17) is 0 Å². The molecule has 0 aromatic rings. The van der Waals surface area contributed by atoms with Gasteiger partial charge in [-0.05, 0) is 36.7 Å². The first-order chi connectivity index (χ1) is 12.2. The summed E-state index contributed by atoms with van der Waals surface area (Å²) in [5, 5.41) is 0. The van der Waals surface area contributed by atoms with Crippen molar-refractivity contribution in [2.75, 3.05) is 18.5 Å². The smallest absolute Gasteiger partial charge is 0.0297 e. The van der Waals surface area contributed by atoms with Gasteiger partial charge < -0.3 is 0 Å². The third-order valence-corrected chi connectivity index (χ3v) is 8.96. The maximum atomic E-state index is 2.44. The lowest BCUT2D eigenvalue weighted by molar-refractivity contribution is 0.483. The van der Waals surface area contributed by atoms with Gasteiger partial charge in [-0.3, -0.25) is 0 Å². The molecule has 0 aliphatic heterocycles. The van der Waals surface area contributed by atoms with Gasteiger partial charge in [-0.1, -0.05) is 118 Å². The topological polar surface area (TPSA) is 0 Å². The van der Waals surface area contributed by atoms with E-state index < -0.39 is 0 Å². The number of hydrogen-bond donors (Lipinski definition) is 0. The van der Waals surface area contributed by atoms with Gasteiger partial charge in [-0.2, -0.15) is 0 Å². The largest absolute Gasteiger partial charge is 0.106 e. The van der Waals surface area contributed by atoms with Crippen LogP contribution in [0.3, 0.4) is 0 Å². The Balaban J connectivity index is 4.40. The SMILES string of the molecule is CCCCCCCCP(CC(CC)CCCC)CC(CC)CCCC. The van der Waals surface area contributed by atoms with Crippen molar-refractivity contribution in [1.82, 2.24) is 0 Å². The molecule has 0 N–H and O–H groups in total. The van der Waals surface area contributed by atoms with E-state index in [0.717, 1.165) is 11.8 Å². The van der Waals surface area contributed by atoms with Crippen molar-refractivity contribution in [1.29, 1.82) is 0 Å². The van der Waals surface area contributed by atoms with E-state index in [1.807, 2.05) is 0 Å². The van der Waals surface area contributed by atoms with E-state index in [1.54, 1.807) is 18.5 Å². The van der Waals surface area contributed by atoms with Crippen molar-refractivity contribution in [2.45, 2.75) is 125 Å². The van der Waals surface area contributed by atoms with Crippen LogP contribution in [0.2, 0.25) is 0 Å². The highest BCUT2D eigenvalue weighted by Gasteiger charge is 2.18. The highest BCUT2D eigenvalue weighted by atomic mass is 31.1. The van der Waals surface area contributed by atoms with Crippen LogP contribution in [0.15, 0.2) is 0 Å². The summed E-state index contributed by atoms with van der Waals surface area (Å²) in [6.07, 6.45) is 25.0. The highest BCUT2D eigenvalue weighted by Crippen LogP contribution is 2.44. The Morgan fingerprint density at radius 3 is 1.40 bits per heavy atom. The Morgan fingerprint density at radius 2 is 0.960 bits per heavy atom. The fraction of sp³-hybridized carbons (Fsp3) is 1.00. The summed E-state index contributed by atoms with van der Waals surface area (Å²) < 4.78 is 0. The van der Waals surface area contributed by atoms with Crippen LogP contribution >= 0.6 is 7.92 Å². The van der Waals surface area contributed by atoms with E-state index in [2.05, 4.69) is 34.6 Å². The monoisotopic (exact) mass is 370 g/mol. The van der Waals surface area contributed by atoms with Gasteiger partial charge in [0.1, 0.15) is 0 Å². The minimum Gasteiger partial charge on any atom is -0.106 e. The molecular formula is C24H51P. The molecule has 0 rings (SSSR count). The van der Waals surface area contributed by atoms with E-state index in [1.165, 1.54) is 89.9 Å². The summed E-state index contributed by atoms with van der Waals surface area (Å²) in [4.78, 5) is 0.